The van der Waals surface area contributed by atoms with E-state index >= 15 is 0 Å². The third kappa shape index (κ3) is 3.65. The lowest BCUT2D eigenvalue weighted by atomic mass is 10.2. The van der Waals surface area contributed by atoms with Crippen molar-refractivity contribution in [2.24, 2.45) is 22.2 Å². The molecule has 0 aliphatic heterocycles. The maximum absolute atomic E-state index is 10.7. The average Bonchev–Trinajstić information content (AvgIpc) is 2.84. The van der Waals surface area contributed by atoms with Crippen molar-refractivity contribution in [3.8, 4) is 11.4 Å². The summed E-state index contributed by atoms with van der Waals surface area (Å²) in [5.74, 6) is -0.0433. The van der Waals surface area contributed by atoms with Gasteiger partial charge >= 0.3 is 6.03 Å². The molecule has 0 radical (unpaired) electrons. The fourth-order valence-electron chi connectivity index (χ4n) is 1.46. The zero-order chi connectivity index (χ0) is 14.5. The Labute approximate surface area is 118 Å². The van der Waals surface area contributed by atoms with Gasteiger partial charge in [-0.1, -0.05) is 0 Å². The second-order valence-corrected chi connectivity index (χ2v) is 4.66. The summed E-state index contributed by atoms with van der Waals surface area (Å²) in [5.41, 5.74) is 17.8. The van der Waals surface area contributed by atoms with Crippen molar-refractivity contribution in [3.63, 3.8) is 0 Å². The summed E-state index contributed by atoms with van der Waals surface area (Å²) in [5, 5.41) is 4.77. The largest absolute Gasteiger partial charge is 0.370 e. The molecule has 0 saturated carbocycles. The fourth-order valence-corrected chi connectivity index (χ4v) is 2.16. The Morgan fingerprint density at radius 2 is 2.15 bits per heavy atom. The first-order valence-electron chi connectivity index (χ1n) is 5.58. The fraction of sp³-hybridized carbons (Fsp3) is 0.0909. The molecule has 0 spiro atoms. The molecule has 2 aromatic heterocycles. The van der Waals surface area contributed by atoms with E-state index in [-0.39, 0.29) is 5.96 Å². The number of rotatable bonds is 4. The van der Waals surface area contributed by atoms with Gasteiger partial charge in [0, 0.05) is 18.1 Å². The van der Waals surface area contributed by atoms with Gasteiger partial charge in [0.25, 0.3) is 0 Å². The summed E-state index contributed by atoms with van der Waals surface area (Å²) in [6.07, 6.45) is 1.63. The summed E-state index contributed by atoms with van der Waals surface area (Å²) in [7, 11) is 0. The number of nitrogens with two attached hydrogens (primary N) is 3. The zero-order valence-corrected chi connectivity index (χ0v) is 11.2. The molecule has 2 heterocycles. The predicted octanol–water partition coefficient (Wildman–Crippen LogP) is 0.278. The number of primary amides is 1. The first-order valence-corrected chi connectivity index (χ1v) is 6.46. The molecule has 0 atom stereocenters. The molecular formula is C11H13N7OS. The van der Waals surface area contributed by atoms with E-state index in [1.807, 2.05) is 6.07 Å². The number of hydrogen-bond acceptors (Lipinski definition) is 5. The van der Waals surface area contributed by atoms with Crippen molar-refractivity contribution >= 4 is 28.5 Å². The van der Waals surface area contributed by atoms with Gasteiger partial charge in [0.2, 0.25) is 5.13 Å². The van der Waals surface area contributed by atoms with Gasteiger partial charge in [-0.2, -0.15) is 4.99 Å². The Morgan fingerprint density at radius 3 is 2.85 bits per heavy atom. The summed E-state index contributed by atoms with van der Waals surface area (Å²) >= 11 is 1.31. The zero-order valence-electron chi connectivity index (χ0n) is 10.4. The van der Waals surface area contributed by atoms with Gasteiger partial charge in [0.05, 0.1) is 5.69 Å². The quantitative estimate of drug-likeness (QED) is 0.472. The maximum Gasteiger partial charge on any atom is 0.312 e. The van der Waals surface area contributed by atoms with E-state index in [4.69, 9.17) is 17.2 Å². The third-order valence-corrected chi connectivity index (χ3v) is 3.00. The number of hydrogen-bond donors (Lipinski definition) is 4. The van der Waals surface area contributed by atoms with Crippen molar-refractivity contribution in [1.82, 2.24) is 15.3 Å². The molecule has 0 saturated heterocycles. The summed E-state index contributed by atoms with van der Waals surface area (Å²) in [6.45, 7) is 0.329. The topological polar surface area (TPSA) is 145 Å². The van der Waals surface area contributed by atoms with Crippen LogP contribution in [0.2, 0.25) is 0 Å². The number of nitrogens with one attached hydrogen (secondary N) is 1. The van der Waals surface area contributed by atoms with Crippen LogP contribution in [-0.2, 0) is 6.54 Å². The van der Waals surface area contributed by atoms with Crippen LogP contribution in [0.15, 0.2) is 28.7 Å². The lowest BCUT2D eigenvalue weighted by Gasteiger charge is -2.03. The van der Waals surface area contributed by atoms with E-state index in [1.54, 1.807) is 17.6 Å². The molecular weight excluding hydrogens is 278 g/mol. The number of aromatic nitrogens is 2. The summed E-state index contributed by atoms with van der Waals surface area (Å²) in [4.78, 5) is 23.0. The van der Waals surface area contributed by atoms with Gasteiger partial charge in [-0.05, 0) is 17.7 Å². The molecule has 2 rings (SSSR count). The number of guanidine groups is 1. The van der Waals surface area contributed by atoms with E-state index in [1.165, 1.54) is 11.3 Å². The lowest BCUT2D eigenvalue weighted by molar-refractivity contribution is 0.248. The number of urea groups is 1. The van der Waals surface area contributed by atoms with E-state index in [2.05, 4.69) is 20.3 Å². The minimum atomic E-state index is -0.577. The third-order valence-electron chi connectivity index (χ3n) is 2.27. The number of amides is 2. The van der Waals surface area contributed by atoms with Crippen LogP contribution in [0.3, 0.4) is 0 Å². The number of nitrogens with zero attached hydrogens (tertiary/aromatic N) is 3. The van der Waals surface area contributed by atoms with Crippen molar-refractivity contribution in [1.29, 1.82) is 0 Å². The molecule has 8 nitrogen and oxygen atoms in total. The second-order valence-electron chi connectivity index (χ2n) is 3.82. The van der Waals surface area contributed by atoms with Crippen LogP contribution < -0.4 is 22.5 Å². The number of carbonyl (C=O) groups is 1. The Morgan fingerprint density at radius 1 is 1.35 bits per heavy atom. The van der Waals surface area contributed by atoms with E-state index in [0.717, 1.165) is 5.56 Å². The van der Waals surface area contributed by atoms with Gasteiger partial charge < -0.3 is 22.5 Å². The van der Waals surface area contributed by atoms with Crippen molar-refractivity contribution in [2.75, 3.05) is 0 Å². The smallest absolute Gasteiger partial charge is 0.312 e. The summed E-state index contributed by atoms with van der Waals surface area (Å²) in [6, 6.07) is 3.01. The monoisotopic (exact) mass is 291 g/mol. The van der Waals surface area contributed by atoms with E-state index in [9.17, 15) is 4.79 Å². The Kier molecular flexibility index (Phi) is 4.11. The second kappa shape index (κ2) is 5.97. The molecule has 2 amide bonds. The summed E-state index contributed by atoms with van der Waals surface area (Å²) < 4.78 is 0. The minimum absolute atomic E-state index is 0.0433. The van der Waals surface area contributed by atoms with Crippen LogP contribution in [0.5, 0.6) is 0 Å². The van der Waals surface area contributed by atoms with Gasteiger partial charge in [0.1, 0.15) is 5.69 Å². The van der Waals surface area contributed by atoms with Crippen LogP contribution >= 0.6 is 11.3 Å². The molecule has 0 aromatic carbocycles. The van der Waals surface area contributed by atoms with Crippen LogP contribution in [0.1, 0.15) is 5.56 Å². The van der Waals surface area contributed by atoms with E-state index in [0.29, 0.717) is 23.1 Å². The van der Waals surface area contributed by atoms with Gasteiger partial charge in [-0.3, -0.25) is 4.98 Å². The standard InChI is InChI=1S/C11H13N7OS/c12-9(13)18-11-17-8(5-20-11)7-3-6(1-2-15-7)4-16-10(14)19/h1-3,5H,4H2,(H3,14,16,19)(H4,12,13,17,18). The molecule has 2 aromatic rings. The highest BCUT2D eigenvalue weighted by Gasteiger charge is 2.06. The molecule has 0 aliphatic rings. The Bertz CT molecular complexity index is 648. The molecule has 104 valence electrons. The first-order chi connectivity index (χ1) is 9.54. The van der Waals surface area contributed by atoms with Crippen molar-refractivity contribution in [3.05, 3.63) is 29.3 Å². The van der Waals surface area contributed by atoms with Gasteiger partial charge in [-0.25, -0.2) is 9.78 Å². The van der Waals surface area contributed by atoms with Gasteiger partial charge in [0.15, 0.2) is 5.96 Å². The SMILES string of the molecule is NC(=O)NCc1ccnc(-c2csc(N=C(N)N)n2)c1. The Balaban J connectivity index is 2.20. The Hall–Kier alpha value is -2.68. The first kappa shape index (κ1) is 13.7. The highest BCUT2D eigenvalue weighted by atomic mass is 32.1. The molecule has 7 N–H and O–H groups in total. The number of carbonyl (C=O) groups excluding carboxylic acids is 1. The normalized spacial score (nSPS) is 10.0. The van der Waals surface area contributed by atoms with Crippen LogP contribution in [-0.4, -0.2) is 22.0 Å². The molecule has 9 heteroatoms. The molecule has 20 heavy (non-hydrogen) atoms. The molecule has 0 aliphatic carbocycles. The molecule has 0 unspecified atom stereocenters. The lowest BCUT2D eigenvalue weighted by Crippen LogP contribution is -2.28. The average molecular weight is 291 g/mol. The predicted molar refractivity (Wildman–Crippen MR) is 77.2 cm³/mol. The van der Waals surface area contributed by atoms with Gasteiger partial charge in [-0.15, -0.1) is 11.3 Å². The highest BCUT2D eigenvalue weighted by molar-refractivity contribution is 7.13. The van der Waals surface area contributed by atoms with Crippen LogP contribution in [0, 0.1) is 0 Å². The minimum Gasteiger partial charge on any atom is -0.370 e. The van der Waals surface area contributed by atoms with Crippen LogP contribution in [0.25, 0.3) is 11.4 Å². The van der Waals surface area contributed by atoms with Crippen molar-refractivity contribution < 1.29 is 4.79 Å². The van der Waals surface area contributed by atoms with E-state index < -0.39 is 6.03 Å². The maximum atomic E-state index is 10.7. The van der Waals surface area contributed by atoms with Crippen LogP contribution in [0.4, 0.5) is 9.93 Å². The highest BCUT2D eigenvalue weighted by Crippen LogP contribution is 2.25. The number of thiazole rings is 1. The number of aliphatic imine (C=N–C) groups is 1. The number of pyridine rings is 1. The molecule has 0 bridgehead atoms. The van der Waals surface area contributed by atoms with Crippen molar-refractivity contribution in [2.45, 2.75) is 6.54 Å². The molecule has 0 fully saturated rings.